The number of oxazole rings is 1. The van der Waals surface area contributed by atoms with E-state index in [1.807, 2.05) is 56.3 Å². The molecule has 30 heavy (non-hydrogen) atoms. The molecule has 4 nitrogen and oxygen atoms in total. The van der Waals surface area contributed by atoms with Gasteiger partial charge < -0.3 is 9.73 Å². The van der Waals surface area contributed by atoms with Crippen molar-refractivity contribution in [2.75, 3.05) is 5.32 Å². The number of amides is 1. The van der Waals surface area contributed by atoms with Gasteiger partial charge in [0.2, 0.25) is 5.89 Å². The van der Waals surface area contributed by atoms with Crippen LogP contribution in [-0.4, -0.2) is 10.9 Å². The Kier molecular flexibility index (Phi) is 5.40. The van der Waals surface area contributed by atoms with Crippen molar-refractivity contribution in [1.29, 1.82) is 0 Å². The van der Waals surface area contributed by atoms with Gasteiger partial charge in [0, 0.05) is 16.8 Å². The number of carbonyl (C=O) groups is 1. The number of nitrogens with zero attached hydrogens (tertiary/aromatic N) is 1. The van der Waals surface area contributed by atoms with E-state index in [0.29, 0.717) is 23.1 Å². The van der Waals surface area contributed by atoms with E-state index >= 15 is 0 Å². The van der Waals surface area contributed by atoms with Gasteiger partial charge in [-0.05, 0) is 74.2 Å². The molecule has 1 N–H and O–H groups in total. The first-order valence-electron chi connectivity index (χ1n) is 10.3. The van der Waals surface area contributed by atoms with E-state index in [1.165, 1.54) is 5.56 Å². The van der Waals surface area contributed by atoms with Crippen molar-refractivity contribution < 1.29 is 9.21 Å². The minimum Gasteiger partial charge on any atom is -0.436 e. The van der Waals surface area contributed by atoms with E-state index in [2.05, 4.69) is 42.3 Å². The highest BCUT2D eigenvalue weighted by Crippen LogP contribution is 2.29. The summed E-state index contributed by atoms with van der Waals surface area (Å²) in [4.78, 5) is 17.4. The zero-order chi connectivity index (χ0) is 21.3. The molecule has 0 saturated carbocycles. The molecule has 0 fully saturated rings. The van der Waals surface area contributed by atoms with Crippen LogP contribution in [0.3, 0.4) is 0 Å². The third kappa shape index (κ3) is 4.13. The highest BCUT2D eigenvalue weighted by molar-refractivity contribution is 6.04. The Hall–Kier alpha value is -3.40. The predicted molar refractivity (Wildman–Crippen MR) is 122 cm³/mol. The second kappa shape index (κ2) is 8.15. The van der Waals surface area contributed by atoms with E-state index in [1.54, 1.807) is 0 Å². The summed E-state index contributed by atoms with van der Waals surface area (Å²) in [6.07, 6.45) is 1.08. The number of hydrogen-bond donors (Lipinski definition) is 1. The number of aromatic nitrogens is 1. The van der Waals surface area contributed by atoms with Crippen LogP contribution in [0.15, 0.2) is 65.1 Å². The average molecular weight is 399 g/mol. The van der Waals surface area contributed by atoms with Gasteiger partial charge in [-0.2, -0.15) is 0 Å². The molecule has 0 saturated heterocycles. The van der Waals surface area contributed by atoms with Crippen LogP contribution in [0.4, 0.5) is 5.69 Å². The molecule has 4 rings (SSSR count). The summed E-state index contributed by atoms with van der Waals surface area (Å²) >= 11 is 0. The lowest BCUT2D eigenvalue weighted by Gasteiger charge is -2.08. The summed E-state index contributed by atoms with van der Waals surface area (Å²) in [5.74, 6) is 0.905. The molecule has 1 amide bonds. The summed E-state index contributed by atoms with van der Waals surface area (Å²) in [7, 11) is 0. The molecule has 0 aliphatic carbocycles. The number of anilines is 1. The van der Waals surface area contributed by atoms with E-state index in [9.17, 15) is 4.79 Å². The van der Waals surface area contributed by atoms with Crippen LogP contribution in [0.5, 0.6) is 0 Å². The lowest BCUT2D eigenvalue weighted by atomic mass is 9.98. The van der Waals surface area contributed by atoms with Crippen LogP contribution in [0.2, 0.25) is 0 Å². The summed E-state index contributed by atoms with van der Waals surface area (Å²) in [6.45, 7) is 8.37. The second-order valence-corrected chi connectivity index (χ2v) is 7.97. The van der Waals surface area contributed by atoms with Crippen molar-refractivity contribution in [1.82, 2.24) is 4.98 Å². The third-order valence-corrected chi connectivity index (χ3v) is 5.44. The molecule has 1 heterocycles. The van der Waals surface area contributed by atoms with Gasteiger partial charge in [0.1, 0.15) is 5.52 Å². The molecule has 0 unspecified atom stereocenters. The van der Waals surface area contributed by atoms with E-state index in [0.717, 1.165) is 34.2 Å². The van der Waals surface area contributed by atoms with Crippen LogP contribution >= 0.6 is 0 Å². The first-order chi connectivity index (χ1) is 14.4. The van der Waals surface area contributed by atoms with Crippen LogP contribution in [-0.2, 0) is 0 Å². The number of aryl methyl sites for hydroxylation is 2. The predicted octanol–water partition coefficient (Wildman–Crippen LogP) is 6.88. The average Bonchev–Trinajstić information content (AvgIpc) is 3.16. The Morgan fingerprint density at radius 2 is 1.80 bits per heavy atom. The van der Waals surface area contributed by atoms with Crippen molar-refractivity contribution in [3.8, 4) is 11.5 Å². The summed E-state index contributed by atoms with van der Waals surface area (Å²) in [6, 6.07) is 19.6. The zero-order valence-electron chi connectivity index (χ0n) is 17.8. The number of fused-ring (bicyclic) bond motifs is 1. The fourth-order valence-electron chi connectivity index (χ4n) is 3.65. The number of hydrogen-bond acceptors (Lipinski definition) is 3. The molecule has 1 aromatic heterocycles. The molecule has 152 valence electrons. The van der Waals surface area contributed by atoms with Gasteiger partial charge in [-0.15, -0.1) is 0 Å². The summed E-state index contributed by atoms with van der Waals surface area (Å²) in [5, 5.41) is 2.98. The maximum atomic E-state index is 12.7. The summed E-state index contributed by atoms with van der Waals surface area (Å²) < 4.78 is 5.97. The topological polar surface area (TPSA) is 55.1 Å². The fourth-order valence-corrected chi connectivity index (χ4v) is 3.65. The van der Waals surface area contributed by atoms with Crippen LogP contribution in [0, 0.1) is 13.8 Å². The monoisotopic (exact) mass is 398 g/mol. The van der Waals surface area contributed by atoms with Crippen LogP contribution < -0.4 is 5.32 Å². The molecule has 4 heteroatoms. The summed E-state index contributed by atoms with van der Waals surface area (Å²) in [5.41, 5.74) is 7.20. The molecule has 0 spiro atoms. The molecule has 0 radical (unpaired) electrons. The minimum atomic E-state index is -0.130. The van der Waals surface area contributed by atoms with E-state index in [4.69, 9.17) is 4.42 Å². The number of nitrogens with one attached hydrogen (secondary N) is 1. The van der Waals surface area contributed by atoms with Gasteiger partial charge in [-0.3, -0.25) is 4.79 Å². The standard InChI is InChI=1S/C26H26N2O2/c1-5-18(4)19-9-10-24-23(15-19)28-26(30-24)20-7-6-8-22(14-20)27-25(29)21-12-16(2)11-17(3)13-21/h6-15,18H,5H2,1-4H3,(H,27,29)/t18-/m1/s1. The molecule has 0 aliphatic heterocycles. The normalized spacial score (nSPS) is 12.1. The highest BCUT2D eigenvalue weighted by atomic mass is 16.3. The van der Waals surface area contributed by atoms with Crippen molar-refractivity contribution in [3.05, 3.63) is 82.9 Å². The number of benzene rings is 3. The third-order valence-electron chi connectivity index (χ3n) is 5.44. The molecular weight excluding hydrogens is 372 g/mol. The molecule has 1 atom stereocenters. The van der Waals surface area contributed by atoms with Gasteiger partial charge in [-0.25, -0.2) is 4.98 Å². The van der Waals surface area contributed by atoms with Crippen molar-refractivity contribution >= 4 is 22.7 Å². The van der Waals surface area contributed by atoms with Crippen molar-refractivity contribution in [2.45, 2.75) is 40.0 Å². The zero-order valence-corrected chi connectivity index (χ0v) is 17.8. The Labute approximate surface area is 177 Å². The Bertz CT molecular complexity index is 1200. The molecule has 3 aromatic carbocycles. The second-order valence-electron chi connectivity index (χ2n) is 7.97. The molecule has 0 aliphatic rings. The SMILES string of the molecule is CC[C@@H](C)c1ccc2oc(-c3cccc(NC(=O)c4cc(C)cc(C)c4)c3)nc2c1. The van der Waals surface area contributed by atoms with E-state index in [-0.39, 0.29) is 5.91 Å². The first kappa shape index (κ1) is 19.9. The Morgan fingerprint density at radius 1 is 1.03 bits per heavy atom. The van der Waals surface area contributed by atoms with Crippen molar-refractivity contribution in [2.24, 2.45) is 0 Å². The first-order valence-corrected chi connectivity index (χ1v) is 10.3. The maximum Gasteiger partial charge on any atom is 0.255 e. The van der Waals surface area contributed by atoms with Gasteiger partial charge in [-0.1, -0.05) is 43.2 Å². The molecule has 0 bridgehead atoms. The number of rotatable bonds is 5. The van der Waals surface area contributed by atoms with Crippen LogP contribution in [0.1, 0.15) is 53.2 Å². The Balaban J connectivity index is 1.60. The molecular formula is C26H26N2O2. The largest absolute Gasteiger partial charge is 0.436 e. The minimum absolute atomic E-state index is 0.130. The quantitative estimate of drug-likeness (QED) is 0.399. The lowest BCUT2D eigenvalue weighted by molar-refractivity contribution is 0.102. The Morgan fingerprint density at radius 3 is 2.53 bits per heavy atom. The molecule has 4 aromatic rings. The van der Waals surface area contributed by atoms with Gasteiger partial charge in [0.05, 0.1) is 0 Å². The highest BCUT2D eigenvalue weighted by Gasteiger charge is 2.13. The van der Waals surface area contributed by atoms with Gasteiger partial charge in [0.25, 0.3) is 5.91 Å². The smallest absolute Gasteiger partial charge is 0.255 e. The fraction of sp³-hybridized carbons (Fsp3) is 0.231. The van der Waals surface area contributed by atoms with Crippen molar-refractivity contribution in [3.63, 3.8) is 0 Å². The maximum absolute atomic E-state index is 12.7. The van der Waals surface area contributed by atoms with Gasteiger partial charge >= 0.3 is 0 Å². The number of carbonyl (C=O) groups excluding carboxylic acids is 1. The van der Waals surface area contributed by atoms with Crippen LogP contribution in [0.25, 0.3) is 22.6 Å². The van der Waals surface area contributed by atoms with Gasteiger partial charge in [0.15, 0.2) is 5.58 Å². The van der Waals surface area contributed by atoms with E-state index < -0.39 is 0 Å². The lowest BCUT2D eigenvalue weighted by Crippen LogP contribution is -2.12.